The number of hydrogen-bond donors (Lipinski definition) is 2. The molecule has 0 heterocycles. The Morgan fingerprint density at radius 3 is 2.78 bits per heavy atom. The molecule has 1 fully saturated rings. The van der Waals surface area contributed by atoms with Crippen molar-refractivity contribution in [1.82, 2.24) is 5.32 Å². The highest BCUT2D eigenvalue weighted by Gasteiger charge is 2.25. The molecule has 1 rings (SSSR count). The molecular formula is C15H31NO2. The fourth-order valence-corrected chi connectivity index (χ4v) is 2.65. The van der Waals surface area contributed by atoms with Crippen molar-refractivity contribution in [3.8, 4) is 0 Å². The Kier molecular flexibility index (Phi) is 7.20. The van der Waals surface area contributed by atoms with Gasteiger partial charge in [-0.1, -0.05) is 33.1 Å². The van der Waals surface area contributed by atoms with Crippen LogP contribution >= 0.6 is 0 Å². The minimum absolute atomic E-state index is 0.362. The molecule has 0 amide bonds. The molecule has 0 bridgehead atoms. The first kappa shape index (κ1) is 15.9. The van der Waals surface area contributed by atoms with Gasteiger partial charge in [-0.25, -0.2) is 0 Å². The van der Waals surface area contributed by atoms with Gasteiger partial charge in [-0.3, -0.25) is 0 Å². The lowest BCUT2D eigenvalue weighted by molar-refractivity contribution is -0.0757. The zero-order chi connectivity index (χ0) is 13.4. The molecule has 3 heteroatoms. The van der Waals surface area contributed by atoms with E-state index in [4.69, 9.17) is 4.74 Å². The van der Waals surface area contributed by atoms with Crippen LogP contribution in [-0.4, -0.2) is 36.5 Å². The van der Waals surface area contributed by atoms with Crippen molar-refractivity contribution in [2.75, 3.05) is 19.7 Å². The smallest absolute Gasteiger partial charge is 0.0975 e. The molecule has 18 heavy (non-hydrogen) atoms. The minimum Gasteiger partial charge on any atom is -0.386 e. The van der Waals surface area contributed by atoms with Crippen LogP contribution in [0.3, 0.4) is 0 Å². The van der Waals surface area contributed by atoms with E-state index in [0.29, 0.717) is 19.3 Å². The molecule has 0 spiro atoms. The zero-order valence-corrected chi connectivity index (χ0v) is 12.4. The molecule has 0 aromatic heterocycles. The van der Waals surface area contributed by atoms with Crippen molar-refractivity contribution in [3.05, 3.63) is 0 Å². The third-order valence-corrected chi connectivity index (χ3v) is 3.87. The lowest BCUT2D eigenvalue weighted by Crippen LogP contribution is -2.43. The Morgan fingerprint density at radius 2 is 2.11 bits per heavy atom. The van der Waals surface area contributed by atoms with Crippen LogP contribution in [0.4, 0.5) is 0 Å². The predicted molar refractivity (Wildman–Crippen MR) is 75.8 cm³/mol. The van der Waals surface area contributed by atoms with E-state index in [1.54, 1.807) is 0 Å². The summed E-state index contributed by atoms with van der Waals surface area (Å²) in [6, 6.07) is 0. The van der Waals surface area contributed by atoms with Crippen LogP contribution in [0.2, 0.25) is 0 Å². The summed E-state index contributed by atoms with van der Waals surface area (Å²) in [5.74, 6) is 0.826. The van der Waals surface area contributed by atoms with Crippen molar-refractivity contribution < 1.29 is 9.84 Å². The second-order valence-corrected chi connectivity index (χ2v) is 6.05. The molecule has 108 valence electrons. The van der Waals surface area contributed by atoms with Gasteiger partial charge in [-0.2, -0.15) is 0 Å². The maximum atomic E-state index is 10.2. The van der Waals surface area contributed by atoms with E-state index in [-0.39, 0.29) is 0 Å². The van der Waals surface area contributed by atoms with Crippen LogP contribution in [0.5, 0.6) is 0 Å². The molecule has 3 unspecified atom stereocenters. The molecule has 2 N–H and O–H groups in total. The molecular weight excluding hydrogens is 226 g/mol. The summed E-state index contributed by atoms with van der Waals surface area (Å²) in [6.45, 7) is 8.27. The fraction of sp³-hybridized carbons (Fsp3) is 1.00. The van der Waals surface area contributed by atoms with Crippen molar-refractivity contribution >= 4 is 0 Å². The first-order valence-corrected chi connectivity index (χ1v) is 7.62. The lowest BCUT2D eigenvalue weighted by atomic mass is 9.85. The summed E-state index contributed by atoms with van der Waals surface area (Å²) in [7, 11) is 0. The second kappa shape index (κ2) is 8.13. The minimum atomic E-state index is -0.742. The van der Waals surface area contributed by atoms with Crippen LogP contribution in [0.15, 0.2) is 0 Å². The van der Waals surface area contributed by atoms with Crippen molar-refractivity contribution in [2.45, 2.75) is 71.0 Å². The van der Waals surface area contributed by atoms with E-state index in [9.17, 15) is 5.11 Å². The molecule has 0 aromatic rings. The van der Waals surface area contributed by atoms with E-state index < -0.39 is 5.60 Å². The Bertz CT molecular complexity index is 219. The third-order valence-electron chi connectivity index (χ3n) is 3.87. The summed E-state index contributed by atoms with van der Waals surface area (Å²) in [4.78, 5) is 0. The molecule has 1 aliphatic carbocycles. The average molecular weight is 257 g/mol. The Labute approximate surface area is 112 Å². The van der Waals surface area contributed by atoms with Crippen molar-refractivity contribution in [1.29, 1.82) is 0 Å². The highest BCUT2D eigenvalue weighted by Crippen LogP contribution is 2.28. The maximum absolute atomic E-state index is 10.2. The van der Waals surface area contributed by atoms with Crippen LogP contribution < -0.4 is 5.32 Å². The first-order valence-electron chi connectivity index (χ1n) is 7.62. The van der Waals surface area contributed by atoms with Gasteiger partial charge in [0, 0.05) is 6.54 Å². The van der Waals surface area contributed by atoms with E-state index >= 15 is 0 Å². The Balaban J connectivity index is 2.21. The van der Waals surface area contributed by atoms with Gasteiger partial charge in [0.05, 0.1) is 18.3 Å². The molecule has 0 aliphatic heterocycles. The second-order valence-electron chi connectivity index (χ2n) is 6.05. The van der Waals surface area contributed by atoms with Crippen molar-refractivity contribution in [3.63, 3.8) is 0 Å². The van der Waals surface area contributed by atoms with E-state index in [1.807, 2.05) is 6.92 Å². The van der Waals surface area contributed by atoms with Gasteiger partial charge >= 0.3 is 0 Å². The first-order chi connectivity index (χ1) is 8.57. The van der Waals surface area contributed by atoms with Crippen molar-refractivity contribution in [2.24, 2.45) is 5.92 Å². The summed E-state index contributed by atoms with van der Waals surface area (Å²) in [5, 5.41) is 13.5. The predicted octanol–water partition coefficient (Wildman–Crippen LogP) is 2.72. The monoisotopic (exact) mass is 257 g/mol. The van der Waals surface area contributed by atoms with Crippen LogP contribution in [0.1, 0.15) is 59.3 Å². The van der Waals surface area contributed by atoms with Crippen LogP contribution in [0.25, 0.3) is 0 Å². The van der Waals surface area contributed by atoms with Crippen LogP contribution in [0, 0.1) is 5.92 Å². The molecule has 0 saturated heterocycles. The van der Waals surface area contributed by atoms with Gasteiger partial charge < -0.3 is 15.2 Å². The Morgan fingerprint density at radius 1 is 1.33 bits per heavy atom. The average Bonchev–Trinajstić information content (AvgIpc) is 2.37. The standard InChI is InChI=1S/C15H31NO2/c1-4-9-16-11-15(3,17)12-18-14-8-6-7-13(5-2)10-14/h13-14,16-17H,4-12H2,1-3H3. The Hall–Kier alpha value is -0.120. The normalized spacial score (nSPS) is 28.0. The number of aliphatic hydroxyl groups is 1. The fourth-order valence-electron chi connectivity index (χ4n) is 2.65. The molecule has 3 nitrogen and oxygen atoms in total. The van der Waals surface area contributed by atoms with Gasteiger partial charge in [-0.15, -0.1) is 0 Å². The summed E-state index contributed by atoms with van der Waals surface area (Å²) >= 11 is 0. The van der Waals surface area contributed by atoms with Gasteiger partial charge in [0.2, 0.25) is 0 Å². The van der Waals surface area contributed by atoms with Crippen LogP contribution in [-0.2, 0) is 4.74 Å². The lowest BCUT2D eigenvalue weighted by Gasteiger charge is -2.31. The zero-order valence-electron chi connectivity index (χ0n) is 12.4. The van der Waals surface area contributed by atoms with Gasteiger partial charge in [-0.05, 0) is 38.6 Å². The summed E-state index contributed by atoms with van der Waals surface area (Å²) in [5.41, 5.74) is -0.742. The molecule has 3 atom stereocenters. The molecule has 1 aliphatic rings. The van der Waals surface area contributed by atoms with Gasteiger partial charge in [0.1, 0.15) is 0 Å². The molecule has 0 radical (unpaired) electrons. The molecule has 1 saturated carbocycles. The van der Waals surface area contributed by atoms with E-state index in [0.717, 1.165) is 25.3 Å². The third kappa shape index (κ3) is 6.17. The highest BCUT2D eigenvalue weighted by atomic mass is 16.5. The summed E-state index contributed by atoms with van der Waals surface area (Å²) in [6.07, 6.45) is 7.68. The number of nitrogens with one attached hydrogen (secondary N) is 1. The quantitative estimate of drug-likeness (QED) is 0.657. The van der Waals surface area contributed by atoms with Gasteiger partial charge in [0.25, 0.3) is 0 Å². The summed E-state index contributed by atoms with van der Waals surface area (Å²) < 4.78 is 5.92. The SMILES string of the molecule is CCCNCC(C)(O)COC1CCCC(CC)C1. The van der Waals surface area contributed by atoms with E-state index in [2.05, 4.69) is 19.2 Å². The molecule has 0 aromatic carbocycles. The highest BCUT2D eigenvalue weighted by molar-refractivity contribution is 4.78. The van der Waals surface area contributed by atoms with Gasteiger partial charge in [0.15, 0.2) is 0 Å². The maximum Gasteiger partial charge on any atom is 0.0975 e. The topological polar surface area (TPSA) is 41.5 Å². The number of rotatable bonds is 8. The largest absolute Gasteiger partial charge is 0.386 e. The number of ether oxygens (including phenoxy) is 1. The van der Waals surface area contributed by atoms with E-state index in [1.165, 1.54) is 25.7 Å². The number of hydrogen-bond acceptors (Lipinski definition) is 3.